The van der Waals surface area contributed by atoms with Crippen LogP contribution in [0, 0.1) is 0 Å². The normalized spacial score (nSPS) is 10.2. The Kier molecular flexibility index (Phi) is 6.55. The third-order valence-corrected chi connectivity index (χ3v) is 3.62. The Morgan fingerprint density at radius 1 is 0.917 bits per heavy atom. The summed E-state index contributed by atoms with van der Waals surface area (Å²) in [6.07, 6.45) is 2.58. The number of carbonyl (C=O) groups is 2. The Hall–Kier alpha value is -2.62. The molecule has 0 radical (unpaired) electrons. The van der Waals surface area contributed by atoms with Crippen molar-refractivity contribution in [3.8, 4) is 5.75 Å². The van der Waals surface area contributed by atoms with Crippen LogP contribution in [0.1, 0.15) is 53.0 Å². The first-order chi connectivity index (χ1) is 11.7. The van der Waals surface area contributed by atoms with Gasteiger partial charge in [-0.1, -0.05) is 44.5 Å². The van der Waals surface area contributed by atoms with E-state index >= 15 is 0 Å². The average Bonchev–Trinajstić information content (AvgIpc) is 2.62. The van der Waals surface area contributed by atoms with Crippen molar-refractivity contribution < 1.29 is 19.1 Å². The van der Waals surface area contributed by atoms with Gasteiger partial charge in [0.05, 0.1) is 17.7 Å². The lowest BCUT2D eigenvalue weighted by Crippen LogP contribution is -2.16. The number of benzene rings is 2. The zero-order valence-corrected chi connectivity index (χ0v) is 14.1. The van der Waals surface area contributed by atoms with Crippen LogP contribution in [0.15, 0.2) is 48.5 Å². The summed E-state index contributed by atoms with van der Waals surface area (Å²) in [7, 11) is 0. The minimum absolute atomic E-state index is 0.209. The van der Waals surface area contributed by atoms with Crippen molar-refractivity contribution in [3.63, 3.8) is 0 Å². The van der Waals surface area contributed by atoms with E-state index < -0.39 is 11.9 Å². The molecule has 0 amide bonds. The summed E-state index contributed by atoms with van der Waals surface area (Å²) in [5, 5.41) is 0. The van der Waals surface area contributed by atoms with E-state index in [0.717, 1.165) is 24.8 Å². The molecule has 0 unspecified atom stereocenters. The van der Waals surface area contributed by atoms with Gasteiger partial charge in [0, 0.05) is 0 Å². The van der Waals surface area contributed by atoms with Crippen LogP contribution in [0.3, 0.4) is 0 Å². The van der Waals surface area contributed by atoms with Gasteiger partial charge in [0.25, 0.3) is 0 Å². The van der Waals surface area contributed by atoms with Crippen LogP contribution in [0.25, 0.3) is 0 Å². The molecule has 0 bridgehead atoms. The molecule has 0 saturated carbocycles. The topological polar surface area (TPSA) is 52.6 Å². The van der Waals surface area contributed by atoms with Gasteiger partial charge in [0.1, 0.15) is 5.75 Å². The van der Waals surface area contributed by atoms with Gasteiger partial charge in [-0.05, 0) is 42.7 Å². The molecule has 4 heteroatoms. The lowest BCUT2D eigenvalue weighted by molar-refractivity contribution is 0.0491. The molecule has 2 aromatic rings. The van der Waals surface area contributed by atoms with Gasteiger partial charge in [-0.25, -0.2) is 9.59 Å². The van der Waals surface area contributed by atoms with Crippen LogP contribution >= 0.6 is 0 Å². The predicted molar refractivity (Wildman–Crippen MR) is 92.4 cm³/mol. The number of esters is 2. The largest absolute Gasteiger partial charge is 0.462 e. The maximum absolute atomic E-state index is 12.4. The number of unbranched alkanes of at least 4 members (excludes halogenated alkanes) is 1. The molecule has 0 spiro atoms. The summed E-state index contributed by atoms with van der Waals surface area (Å²) < 4.78 is 10.6. The molecule has 0 fully saturated rings. The van der Waals surface area contributed by atoms with Crippen molar-refractivity contribution in [1.29, 1.82) is 0 Å². The predicted octanol–water partition coefficient (Wildman–Crippen LogP) is 4.43. The number of hydrogen-bond donors (Lipinski definition) is 0. The van der Waals surface area contributed by atoms with Gasteiger partial charge >= 0.3 is 11.9 Å². The highest BCUT2D eigenvalue weighted by atomic mass is 16.5. The van der Waals surface area contributed by atoms with E-state index in [2.05, 4.69) is 0 Å². The van der Waals surface area contributed by atoms with Crippen molar-refractivity contribution in [1.82, 2.24) is 0 Å². The molecule has 0 atom stereocenters. The fourth-order valence-electron chi connectivity index (χ4n) is 2.22. The van der Waals surface area contributed by atoms with E-state index in [0.29, 0.717) is 12.4 Å². The smallest absolute Gasteiger partial charge is 0.344 e. The highest BCUT2D eigenvalue weighted by Crippen LogP contribution is 2.18. The molecular weight excluding hydrogens is 304 g/mol. The summed E-state index contributed by atoms with van der Waals surface area (Å²) in [6.45, 7) is 4.39. The molecule has 2 aromatic carbocycles. The van der Waals surface area contributed by atoms with Crippen molar-refractivity contribution >= 4 is 11.9 Å². The second-order valence-electron chi connectivity index (χ2n) is 5.43. The minimum atomic E-state index is -0.564. The van der Waals surface area contributed by atoms with E-state index in [1.54, 1.807) is 30.3 Å². The molecule has 126 valence electrons. The van der Waals surface area contributed by atoms with Gasteiger partial charge in [0.15, 0.2) is 0 Å². The second kappa shape index (κ2) is 8.87. The third kappa shape index (κ3) is 4.69. The number of carbonyl (C=O) groups excluding carboxylic acids is 2. The zero-order chi connectivity index (χ0) is 17.4. The van der Waals surface area contributed by atoms with Crippen LogP contribution in [-0.2, 0) is 11.2 Å². The first-order valence-corrected chi connectivity index (χ1v) is 8.23. The lowest BCUT2D eigenvalue weighted by atomic mass is 10.1. The molecule has 0 N–H and O–H groups in total. The SMILES string of the molecule is CCCCOC(=O)c1ccccc1C(=O)Oc1cccc(CC)c1. The maximum atomic E-state index is 12.4. The number of aryl methyl sites for hydroxylation is 1. The Balaban J connectivity index is 2.15. The summed E-state index contributed by atoms with van der Waals surface area (Å²) >= 11 is 0. The van der Waals surface area contributed by atoms with E-state index in [9.17, 15) is 9.59 Å². The Morgan fingerprint density at radius 3 is 2.29 bits per heavy atom. The van der Waals surface area contributed by atoms with Gasteiger partial charge in [-0.2, -0.15) is 0 Å². The Morgan fingerprint density at radius 2 is 1.62 bits per heavy atom. The molecule has 4 nitrogen and oxygen atoms in total. The molecule has 0 saturated heterocycles. The van der Waals surface area contributed by atoms with E-state index in [1.807, 2.05) is 32.0 Å². The van der Waals surface area contributed by atoms with Crippen molar-refractivity contribution in [2.24, 2.45) is 0 Å². The highest BCUT2D eigenvalue weighted by molar-refractivity contribution is 6.03. The summed E-state index contributed by atoms with van der Waals surface area (Å²) in [5.74, 6) is -0.599. The molecule has 0 aromatic heterocycles. The van der Waals surface area contributed by atoms with Crippen LogP contribution in [0.4, 0.5) is 0 Å². The van der Waals surface area contributed by atoms with Crippen LogP contribution in [0.2, 0.25) is 0 Å². The summed E-state index contributed by atoms with van der Waals surface area (Å²) in [6, 6.07) is 13.9. The Labute approximate surface area is 142 Å². The van der Waals surface area contributed by atoms with Gasteiger partial charge in [0.2, 0.25) is 0 Å². The van der Waals surface area contributed by atoms with Gasteiger partial charge < -0.3 is 9.47 Å². The maximum Gasteiger partial charge on any atom is 0.344 e. The van der Waals surface area contributed by atoms with E-state index in [1.165, 1.54) is 0 Å². The fraction of sp³-hybridized carbons (Fsp3) is 0.300. The zero-order valence-electron chi connectivity index (χ0n) is 14.1. The summed E-state index contributed by atoms with van der Waals surface area (Å²) in [4.78, 5) is 24.6. The van der Waals surface area contributed by atoms with Crippen molar-refractivity contribution in [2.75, 3.05) is 6.61 Å². The molecule has 0 aliphatic rings. The molecule has 0 aliphatic carbocycles. The van der Waals surface area contributed by atoms with Crippen LogP contribution in [-0.4, -0.2) is 18.5 Å². The van der Waals surface area contributed by atoms with E-state index in [-0.39, 0.29) is 11.1 Å². The summed E-state index contributed by atoms with van der Waals surface area (Å²) in [5.41, 5.74) is 1.51. The quantitative estimate of drug-likeness (QED) is 0.429. The monoisotopic (exact) mass is 326 g/mol. The molecule has 2 rings (SSSR count). The first-order valence-electron chi connectivity index (χ1n) is 8.23. The number of ether oxygens (including phenoxy) is 2. The standard InChI is InChI=1S/C20H22O4/c1-3-5-13-23-19(21)17-11-6-7-12-18(17)20(22)24-16-10-8-9-15(4-2)14-16/h6-12,14H,3-5,13H2,1-2H3. The lowest BCUT2D eigenvalue weighted by Gasteiger charge is -2.10. The minimum Gasteiger partial charge on any atom is -0.462 e. The number of rotatable bonds is 7. The van der Waals surface area contributed by atoms with Gasteiger partial charge in [-0.15, -0.1) is 0 Å². The van der Waals surface area contributed by atoms with Crippen molar-refractivity contribution in [3.05, 3.63) is 65.2 Å². The average molecular weight is 326 g/mol. The molecule has 0 heterocycles. The first kappa shape index (κ1) is 17.7. The van der Waals surface area contributed by atoms with Crippen LogP contribution < -0.4 is 4.74 Å². The molecule has 24 heavy (non-hydrogen) atoms. The van der Waals surface area contributed by atoms with Crippen molar-refractivity contribution in [2.45, 2.75) is 33.1 Å². The fourth-order valence-corrected chi connectivity index (χ4v) is 2.22. The van der Waals surface area contributed by atoms with Gasteiger partial charge in [-0.3, -0.25) is 0 Å². The molecular formula is C20H22O4. The third-order valence-electron chi connectivity index (χ3n) is 3.62. The molecule has 0 aliphatic heterocycles. The van der Waals surface area contributed by atoms with Crippen LogP contribution in [0.5, 0.6) is 5.75 Å². The number of hydrogen-bond acceptors (Lipinski definition) is 4. The second-order valence-corrected chi connectivity index (χ2v) is 5.43. The van der Waals surface area contributed by atoms with E-state index in [4.69, 9.17) is 9.47 Å². The highest BCUT2D eigenvalue weighted by Gasteiger charge is 2.19. The Bertz CT molecular complexity index is 706.